The van der Waals surface area contributed by atoms with Crippen molar-refractivity contribution in [1.82, 2.24) is 5.32 Å². The van der Waals surface area contributed by atoms with E-state index >= 15 is 0 Å². The first-order chi connectivity index (χ1) is 10.1. The predicted molar refractivity (Wildman–Crippen MR) is 90.3 cm³/mol. The zero-order valence-electron chi connectivity index (χ0n) is 11.8. The molecule has 0 unspecified atom stereocenters. The summed E-state index contributed by atoms with van der Waals surface area (Å²) in [6.07, 6.45) is 2.59. The molecule has 0 saturated heterocycles. The van der Waals surface area contributed by atoms with Gasteiger partial charge in [0.25, 0.3) is 0 Å². The smallest absolute Gasteiger partial charge is 0.146 e. The van der Waals surface area contributed by atoms with Gasteiger partial charge in [0.2, 0.25) is 0 Å². The molecule has 1 aliphatic carbocycles. The maximum absolute atomic E-state index is 6.20. The Morgan fingerprint density at radius 3 is 2.71 bits per heavy atom. The van der Waals surface area contributed by atoms with Gasteiger partial charge in [-0.25, -0.2) is 0 Å². The van der Waals surface area contributed by atoms with Crippen molar-refractivity contribution in [3.05, 3.63) is 57.0 Å². The molecule has 0 bridgehead atoms. The Bertz CT molecular complexity index is 655. The Labute approximate surface area is 138 Å². The van der Waals surface area contributed by atoms with Crippen molar-refractivity contribution in [2.45, 2.75) is 32.4 Å². The number of benzene rings is 2. The van der Waals surface area contributed by atoms with Gasteiger partial charge in [0.05, 0.1) is 5.02 Å². The van der Waals surface area contributed by atoms with Crippen molar-refractivity contribution >= 4 is 27.5 Å². The number of aryl methyl sites for hydroxylation is 1. The number of hydrogen-bond donors (Lipinski definition) is 1. The number of nitrogens with one attached hydrogen (secondary N) is 1. The Balaban J connectivity index is 1.71. The summed E-state index contributed by atoms with van der Waals surface area (Å²) in [5, 5.41) is 4.14. The summed E-state index contributed by atoms with van der Waals surface area (Å²) in [4.78, 5) is 0. The second-order valence-corrected chi connectivity index (χ2v) is 6.71. The molecule has 1 N–H and O–H groups in total. The number of halogens is 2. The predicted octanol–water partition coefficient (Wildman–Crippen LogP) is 5.46. The summed E-state index contributed by atoms with van der Waals surface area (Å²) in [5.74, 6) is 1.46. The van der Waals surface area contributed by atoms with Crippen LogP contribution >= 0.6 is 27.5 Å². The maximum Gasteiger partial charge on any atom is 0.146 e. The Morgan fingerprint density at radius 2 is 2.05 bits per heavy atom. The van der Waals surface area contributed by atoms with Crippen LogP contribution in [0.3, 0.4) is 0 Å². The SMILES string of the molecule is Cc1ccc(Oc2ccc(CNC3CC3)c(Br)c2)c(Cl)c1. The molecule has 1 aliphatic rings. The Morgan fingerprint density at radius 1 is 1.24 bits per heavy atom. The van der Waals surface area contributed by atoms with Crippen LogP contribution in [0.1, 0.15) is 24.0 Å². The molecule has 0 aromatic heterocycles. The van der Waals surface area contributed by atoms with Crippen LogP contribution in [0, 0.1) is 6.92 Å². The number of hydrogen-bond acceptors (Lipinski definition) is 2. The van der Waals surface area contributed by atoms with Crippen molar-refractivity contribution < 1.29 is 4.74 Å². The van der Waals surface area contributed by atoms with Crippen molar-refractivity contribution in [2.24, 2.45) is 0 Å². The summed E-state index contributed by atoms with van der Waals surface area (Å²) >= 11 is 9.80. The zero-order valence-corrected chi connectivity index (χ0v) is 14.2. The van der Waals surface area contributed by atoms with Crippen LogP contribution in [0.4, 0.5) is 0 Å². The van der Waals surface area contributed by atoms with E-state index in [9.17, 15) is 0 Å². The molecule has 110 valence electrons. The third-order valence-electron chi connectivity index (χ3n) is 3.50. The fourth-order valence-corrected chi connectivity index (χ4v) is 2.86. The molecular formula is C17H17BrClNO. The molecular weight excluding hydrogens is 350 g/mol. The molecule has 1 saturated carbocycles. The van der Waals surface area contributed by atoms with Gasteiger partial charge in [0.15, 0.2) is 0 Å². The van der Waals surface area contributed by atoms with E-state index < -0.39 is 0 Å². The van der Waals surface area contributed by atoms with Crippen LogP contribution in [-0.2, 0) is 6.54 Å². The lowest BCUT2D eigenvalue weighted by Crippen LogP contribution is -2.15. The first-order valence-electron chi connectivity index (χ1n) is 7.07. The highest BCUT2D eigenvalue weighted by atomic mass is 79.9. The van der Waals surface area contributed by atoms with Gasteiger partial charge < -0.3 is 10.1 Å². The lowest BCUT2D eigenvalue weighted by molar-refractivity contribution is 0.482. The van der Waals surface area contributed by atoms with Gasteiger partial charge in [-0.1, -0.05) is 39.7 Å². The highest BCUT2D eigenvalue weighted by Crippen LogP contribution is 2.32. The van der Waals surface area contributed by atoms with Crippen molar-refractivity contribution in [2.75, 3.05) is 0 Å². The van der Waals surface area contributed by atoms with E-state index in [0.29, 0.717) is 16.8 Å². The van der Waals surface area contributed by atoms with E-state index in [-0.39, 0.29) is 0 Å². The van der Waals surface area contributed by atoms with Gasteiger partial charge >= 0.3 is 0 Å². The summed E-state index contributed by atoms with van der Waals surface area (Å²) in [6.45, 7) is 2.89. The third-order valence-corrected chi connectivity index (χ3v) is 4.53. The average Bonchev–Trinajstić information content (AvgIpc) is 3.25. The summed E-state index contributed by atoms with van der Waals surface area (Å²) in [7, 11) is 0. The number of ether oxygens (including phenoxy) is 1. The van der Waals surface area contributed by atoms with Gasteiger partial charge in [0.1, 0.15) is 11.5 Å². The molecule has 0 amide bonds. The first kappa shape index (κ1) is 14.9. The molecule has 2 aromatic carbocycles. The van der Waals surface area contributed by atoms with E-state index in [2.05, 4.69) is 27.3 Å². The molecule has 0 atom stereocenters. The molecule has 1 fully saturated rings. The van der Waals surface area contributed by atoms with Crippen molar-refractivity contribution in [1.29, 1.82) is 0 Å². The zero-order chi connectivity index (χ0) is 14.8. The van der Waals surface area contributed by atoms with E-state index in [4.69, 9.17) is 16.3 Å². The van der Waals surface area contributed by atoms with Crippen molar-refractivity contribution in [3.63, 3.8) is 0 Å². The van der Waals surface area contributed by atoms with Crippen LogP contribution in [-0.4, -0.2) is 6.04 Å². The molecule has 0 radical (unpaired) electrons. The van der Waals surface area contributed by atoms with E-state index in [1.165, 1.54) is 18.4 Å². The largest absolute Gasteiger partial charge is 0.456 e. The second kappa shape index (κ2) is 6.39. The lowest BCUT2D eigenvalue weighted by Gasteiger charge is -2.11. The second-order valence-electron chi connectivity index (χ2n) is 5.44. The van der Waals surface area contributed by atoms with Crippen LogP contribution in [0.25, 0.3) is 0 Å². The maximum atomic E-state index is 6.20. The highest BCUT2D eigenvalue weighted by molar-refractivity contribution is 9.10. The minimum atomic E-state index is 0.630. The molecule has 4 heteroatoms. The highest BCUT2D eigenvalue weighted by Gasteiger charge is 2.20. The van der Waals surface area contributed by atoms with E-state index in [0.717, 1.165) is 22.3 Å². The van der Waals surface area contributed by atoms with Crippen LogP contribution < -0.4 is 10.1 Å². The van der Waals surface area contributed by atoms with Gasteiger partial charge in [0, 0.05) is 17.1 Å². The quantitative estimate of drug-likeness (QED) is 0.759. The standard InChI is InChI=1S/C17H17BrClNO/c1-11-2-7-17(16(19)8-11)21-14-6-3-12(15(18)9-14)10-20-13-4-5-13/h2-3,6-9,13,20H,4-5,10H2,1H3. The molecule has 21 heavy (non-hydrogen) atoms. The Hall–Kier alpha value is -1.03. The first-order valence-corrected chi connectivity index (χ1v) is 8.25. The van der Waals surface area contributed by atoms with Crippen LogP contribution in [0.5, 0.6) is 11.5 Å². The third kappa shape index (κ3) is 4.00. The van der Waals surface area contributed by atoms with Crippen molar-refractivity contribution in [3.8, 4) is 11.5 Å². The lowest BCUT2D eigenvalue weighted by atomic mass is 10.2. The van der Waals surface area contributed by atoms with Gasteiger partial charge in [-0.15, -0.1) is 0 Å². The molecule has 3 rings (SSSR count). The van der Waals surface area contributed by atoms with Gasteiger partial charge in [-0.2, -0.15) is 0 Å². The summed E-state index contributed by atoms with van der Waals surface area (Å²) in [5.41, 5.74) is 2.36. The normalized spacial score (nSPS) is 14.2. The van der Waals surface area contributed by atoms with Crippen LogP contribution in [0.15, 0.2) is 40.9 Å². The minimum Gasteiger partial charge on any atom is -0.456 e. The molecule has 0 spiro atoms. The average molecular weight is 367 g/mol. The van der Waals surface area contributed by atoms with Gasteiger partial charge in [-0.3, -0.25) is 0 Å². The molecule has 2 aromatic rings. The fraction of sp³-hybridized carbons (Fsp3) is 0.294. The fourth-order valence-electron chi connectivity index (χ4n) is 2.09. The summed E-state index contributed by atoms with van der Waals surface area (Å²) in [6, 6.07) is 12.5. The molecule has 0 aliphatic heterocycles. The monoisotopic (exact) mass is 365 g/mol. The minimum absolute atomic E-state index is 0.630. The van der Waals surface area contributed by atoms with E-state index in [1.54, 1.807) is 0 Å². The topological polar surface area (TPSA) is 21.3 Å². The van der Waals surface area contributed by atoms with Crippen LogP contribution in [0.2, 0.25) is 5.02 Å². The van der Waals surface area contributed by atoms with E-state index in [1.807, 2.05) is 37.3 Å². The molecule has 2 nitrogen and oxygen atoms in total. The van der Waals surface area contributed by atoms with Gasteiger partial charge in [-0.05, 0) is 55.2 Å². The molecule has 0 heterocycles. The Kier molecular flexibility index (Phi) is 4.53. The number of rotatable bonds is 5. The summed E-state index contributed by atoms with van der Waals surface area (Å²) < 4.78 is 6.91.